The minimum Gasteiger partial charge on any atom is -0.310 e. The van der Waals surface area contributed by atoms with E-state index in [-0.39, 0.29) is 5.56 Å². The zero-order chi connectivity index (χ0) is 11.0. The highest BCUT2D eigenvalue weighted by Gasteiger charge is 2.05. The number of hydrogen-bond acceptors (Lipinski definition) is 2. The molecule has 0 spiro atoms. The number of aromatic amines is 1. The molecule has 0 fully saturated rings. The Morgan fingerprint density at radius 2 is 2.27 bits per heavy atom. The summed E-state index contributed by atoms with van der Waals surface area (Å²) in [7, 11) is 0. The summed E-state index contributed by atoms with van der Waals surface area (Å²) >= 11 is 5.98. The summed E-state index contributed by atoms with van der Waals surface area (Å²) in [4.78, 5) is 18.4. The number of rotatable bonds is 1. The van der Waals surface area contributed by atoms with Crippen molar-refractivity contribution in [2.24, 2.45) is 0 Å². The maximum Gasteiger partial charge on any atom is 0.258 e. The van der Waals surface area contributed by atoms with Crippen molar-refractivity contribution in [2.45, 2.75) is 6.92 Å². The molecular weight excluding hydrogens is 212 g/mol. The molecule has 4 heteroatoms. The number of hydrogen-bond donors (Lipinski definition) is 1. The average Bonchev–Trinajstić information content (AvgIpc) is 2.16. The van der Waals surface area contributed by atoms with E-state index >= 15 is 0 Å². The number of H-pyrrole nitrogens is 1. The zero-order valence-electron chi connectivity index (χ0n) is 8.17. The van der Waals surface area contributed by atoms with Gasteiger partial charge in [-0.25, -0.2) is 4.98 Å². The molecule has 0 atom stereocenters. The number of benzene rings is 1. The Kier molecular flexibility index (Phi) is 2.32. The Morgan fingerprint density at radius 3 is 2.93 bits per heavy atom. The van der Waals surface area contributed by atoms with Gasteiger partial charge in [-0.1, -0.05) is 24.3 Å². The molecule has 0 radical (unpaired) electrons. The van der Waals surface area contributed by atoms with Crippen LogP contribution in [0.25, 0.3) is 17.0 Å². The standard InChI is InChI=1S/C11H9ClN2O/c1-3-7-4-8-10(5-9(7)12)13-6(2)14-11(8)15/h3-5H,1H2,2H3,(H,13,14,15). The van der Waals surface area contributed by atoms with Gasteiger partial charge in [0.05, 0.1) is 10.9 Å². The van der Waals surface area contributed by atoms with Gasteiger partial charge in [0, 0.05) is 5.02 Å². The van der Waals surface area contributed by atoms with E-state index in [0.717, 1.165) is 5.56 Å². The lowest BCUT2D eigenvalue weighted by atomic mass is 10.1. The summed E-state index contributed by atoms with van der Waals surface area (Å²) in [5.41, 5.74) is 1.18. The topological polar surface area (TPSA) is 45.8 Å². The van der Waals surface area contributed by atoms with Crippen LogP contribution >= 0.6 is 11.6 Å². The first-order valence-corrected chi connectivity index (χ1v) is 4.82. The van der Waals surface area contributed by atoms with E-state index in [4.69, 9.17) is 11.6 Å². The highest BCUT2D eigenvalue weighted by Crippen LogP contribution is 2.21. The van der Waals surface area contributed by atoms with Crippen molar-refractivity contribution in [1.29, 1.82) is 0 Å². The third-order valence-electron chi connectivity index (χ3n) is 2.16. The second-order valence-electron chi connectivity index (χ2n) is 3.25. The van der Waals surface area contributed by atoms with Gasteiger partial charge in [-0.15, -0.1) is 0 Å². The van der Waals surface area contributed by atoms with Crippen LogP contribution in [-0.4, -0.2) is 9.97 Å². The van der Waals surface area contributed by atoms with Gasteiger partial charge < -0.3 is 4.98 Å². The largest absolute Gasteiger partial charge is 0.310 e. The number of fused-ring (bicyclic) bond motifs is 1. The van der Waals surface area contributed by atoms with E-state index in [0.29, 0.717) is 21.7 Å². The smallest absolute Gasteiger partial charge is 0.258 e. The summed E-state index contributed by atoms with van der Waals surface area (Å²) in [5, 5.41) is 1.08. The molecule has 1 aromatic heterocycles. The zero-order valence-corrected chi connectivity index (χ0v) is 8.93. The fraction of sp³-hybridized carbons (Fsp3) is 0.0909. The van der Waals surface area contributed by atoms with E-state index in [1.807, 2.05) is 0 Å². The van der Waals surface area contributed by atoms with Crippen molar-refractivity contribution in [3.05, 3.63) is 45.5 Å². The lowest BCUT2D eigenvalue weighted by Gasteiger charge is -2.02. The fourth-order valence-corrected chi connectivity index (χ4v) is 1.69. The summed E-state index contributed by atoms with van der Waals surface area (Å²) in [6, 6.07) is 3.37. The molecule has 15 heavy (non-hydrogen) atoms. The summed E-state index contributed by atoms with van der Waals surface area (Å²) in [5.74, 6) is 0.579. The predicted octanol–water partition coefficient (Wildman–Crippen LogP) is 2.53. The van der Waals surface area contributed by atoms with E-state index in [1.165, 1.54) is 0 Å². The number of aromatic nitrogens is 2. The molecule has 1 heterocycles. The molecule has 2 aromatic rings. The highest BCUT2D eigenvalue weighted by molar-refractivity contribution is 6.32. The van der Waals surface area contributed by atoms with Crippen LogP contribution in [-0.2, 0) is 0 Å². The van der Waals surface area contributed by atoms with Gasteiger partial charge in [-0.05, 0) is 24.6 Å². The van der Waals surface area contributed by atoms with Crippen LogP contribution in [0.4, 0.5) is 0 Å². The second kappa shape index (κ2) is 3.51. The third-order valence-corrected chi connectivity index (χ3v) is 2.49. The van der Waals surface area contributed by atoms with Crippen molar-refractivity contribution in [3.8, 4) is 0 Å². The summed E-state index contributed by atoms with van der Waals surface area (Å²) < 4.78 is 0. The molecule has 76 valence electrons. The molecule has 1 aromatic carbocycles. The molecule has 2 rings (SSSR count). The minimum atomic E-state index is -0.155. The van der Waals surface area contributed by atoms with E-state index in [2.05, 4.69) is 16.5 Å². The van der Waals surface area contributed by atoms with Crippen LogP contribution in [0.3, 0.4) is 0 Å². The second-order valence-corrected chi connectivity index (χ2v) is 3.65. The van der Waals surface area contributed by atoms with Gasteiger partial charge in [0.15, 0.2) is 0 Å². The van der Waals surface area contributed by atoms with Crippen LogP contribution in [0.1, 0.15) is 11.4 Å². The van der Waals surface area contributed by atoms with Gasteiger partial charge in [-0.3, -0.25) is 4.79 Å². The van der Waals surface area contributed by atoms with Crippen molar-refractivity contribution in [1.82, 2.24) is 9.97 Å². The number of aryl methyl sites for hydroxylation is 1. The first-order valence-electron chi connectivity index (χ1n) is 4.44. The summed E-state index contributed by atoms with van der Waals surface area (Å²) in [6.07, 6.45) is 1.61. The quantitative estimate of drug-likeness (QED) is 0.803. The Hall–Kier alpha value is -1.61. The number of nitrogens with one attached hydrogen (secondary N) is 1. The van der Waals surface area contributed by atoms with E-state index in [9.17, 15) is 4.79 Å². The molecule has 0 saturated carbocycles. The lowest BCUT2D eigenvalue weighted by molar-refractivity contribution is 1.06. The van der Waals surface area contributed by atoms with Crippen LogP contribution in [0.15, 0.2) is 23.5 Å². The average molecular weight is 221 g/mol. The van der Waals surface area contributed by atoms with Gasteiger partial charge in [0.25, 0.3) is 5.56 Å². The molecule has 0 amide bonds. The molecule has 0 saturated heterocycles. The Morgan fingerprint density at radius 1 is 1.53 bits per heavy atom. The third kappa shape index (κ3) is 1.66. The molecule has 0 unspecified atom stereocenters. The molecule has 3 nitrogen and oxygen atoms in total. The highest BCUT2D eigenvalue weighted by atomic mass is 35.5. The SMILES string of the molecule is C=Cc1cc2c(=O)[nH]c(C)nc2cc1Cl. The Bertz CT molecular complexity index is 601. The van der Waals surface area contributed by atoms with Crippen LogP contribution in [0.2, 0.25) is 5.02 Å². The maximum absolute atomic E-state index is 11.6. The minimum absolute atomic E-state index is 0.155. The van der Waals surface area contributed by atoms with Gasteiger partial charge >= 0.3 is 0 Å². The van der Waals surface area contributed by atoms with Crippen molar-refractivity contribution in [3.63, 3.8) is 0 Å². The first kappa shape index (κ1) is 9.93. The Balaban J connectivity index is 2.93. The monoisotopic (exact) mass is 220 g/mol. The van der Waals surface area contributed by atoms with Crippen molar-refractivity contribution < 1.29 is 0 Å². The molecule has 0 aliphatic carbocycles. The normalized spacial score (nSPS) is 10.5. The molecule has 0 aliphatic heterocycles. The summed E-state index contributed by atoms with van der Waals surface area (Å²) in [6.45, 7) is 5.36. The predicted molar refractivity (Wildman–Crippen MR) is 62.2 cm³/mol. The number of halogens is 1. The molecule has 1 N–H and O–H groups in total. The van der Waals surface area contributed by atoms with Crippen molar-refractivity contribution >= 4 is 28.6 Å². The fourth-order valence-electron chi connectivity index (χ4n) is 1.45. The first-order chi connectivity index (χ1) is 7.11. The van der Waals surface area contributed by atoms with E-state index < -0.39 is 0 Å². The van der Waals surface area contributed by atoms with Crippen LogP contribution < -0.4 is 5.56 Å². The van der Waals surface area contributed by atoms with E-state index in [1.54, 1.807) is 25.1 Å². The lowest BCUT2D eigenvalue weighted by Crippen LogP contribution is -2.09. The molecule has 0 bridgehead atoms. The number of nitrogens with zero attached hydrogens (tertiary/aromatic N) is 1. The maximum atomic E-state index is 11.6. The van der Waals surface area contributed by atoms with Crippen LogP contribution in [0.5, 0.6) is 0 Å². The molecule has 0 aliphatic rings. The Labute approximate surface area is 91.4 Å². The van der Waals surface area contributed by atoms with Crippen molar-refractivity contribution in [2.75, 3.05) is 0 Å². The molecular formula is C11H9ClN2O. The van der Waals surface area contributed by atoms with Gasteiger partial charge in [0.1, 0.15) is 5.82 Å². The van der Waals surface area contributed by atoms with Gasteiger partial charge in [0.2, 0.25) is 0 Å². The van der Waals surface area contributed by atoms with Crippen LogP contribution in [0, 0.1) is 6.92 Å². The van der Waals surface area contributed by atoms with Gasteiger partial charge in [-0.2, -0.15) is 0 Å².